The van der Waals surface area contributed by atoms with Crippen LogP contribution in [-0.2, 0) is 14.4 Å². The van der Waals surface area contributed by atoms with Crippen LogP contribution in [-0.4, -0.2) is 45.1 Å². The Morgan fingerprint density at radius 1 is 1.29 bits per heavy atom. The van der Waals surface area contributed by atoms with Gasteiger partial charge in [0, 0.05) is 6.92 Å². The van der Waals surface area contributed by atoms with E-state index in [0.29, 0.717) is 0 Å². The van der Waals surface area contributed by atoms with Crippen LogP contribution < -0.4 is 5.73 Å². The zero-order valence-electron chi connectivity index (χ0n) is 7.44. The molecular formula is C6H11BrN2O5. The number of carboxylic acid groups (broad SMARTS) is 2. The Bertz CT molecular complexity index is 220. The van der Waals surface area contributed by atoms with Crippen molar-refractivity contribution in [2.45, 2.75) is 6.92 Å². The number of rotatable bonds is 3. The highest BCUT2D eigenvalue weighted by Gasteiger charge is 2.07. The minimum Gasteiger partial charge on any atom is -0.480 e. The summed E-state index contributed by atoms with van der Waals surface area (Å²) in [6.07, 6.45) is 0. The van der Waals surface area contributed by atoms with E-state index < -0.39 is 11.9 Å². The second kappa shape index (κ2) is 8.45. The van der Waals surface area contributed by atoms with Gasteiger partial charge >= 0.3 is 11.9 Å². The lowest BCUT2D eigenvalue weighted by molar-refractivity contribution is -0.140. The molecule has 0 aromatic carbocycles. The van der Waals surface area contributed by atoms with Gasteiger partial charge in [-0.2, -0.15) is 0 Å². The molecule has 0 saturated heterocycles. The number of hydrogen-bond donors (Lipinski definition) is 3. The van der Waals surface area contributed by atoms with Gasteiger partial charge in [0.25, 0.3) is 0 Å². The number of amides is 1. The number of nitrogens with zero attached hydrogens (tertiary/aromatic N) is 1. The summed E-state index contributed by atoms with van der Waals surface area (Å²) in [5, 5.41) is 15.7. The maximum Gasteiger partial charge on any atom is 0.324 e. The second-order valence-electron chi connectivity index (χ2n) is 2.03. The van der Waals surface area contributed by atoms with E-state index >= 15 is 0 Å². The predicted octanol–water partition coefficient (Wildman–Crippen LogP) is -0.741. The number of carbonyl (C=O) groups excluding carboxylic acids is 1. The summed E-state index contributed by atoms with van der Waals surface area (Å²) in [5.74, 6) is -2.33. The monoisotopic (exact) mass is 270 g/mol. The molecule has 0 fully saturated rings. The zero-order chi connectivity index (χ0) is 11.7. The fourth-order valence-electron chi connectivity index (χ4n) is 0.230. The molecule has 0 heterocycles. The molecule has 0 saturated carbocycles. The van der Waals surface area contributed by atoms with Crippen molar-refractivity contribution in [2.24, 2.45) is 5.73 Å². The lowest BCUT2D eigenvalue weighted by Crippen LogP contribution is -2.24. The maximum atomic E-state index is 10.3. The van der Waals surface area contributed by atoms with E-state index in [0.717, 1.165) is 3.93 Å². The molecule has 82 valence electrons. The lowest BCUT2D eigenvalue weighted by atomic mass is 10.6. The van der Waals surface area contributed by atoms with Crippen molar-refractivity contribution >= 4 is 34.0 Å². The Labute approximate surface area is 88.8 Å². The average Bonchev–Trinajstić information content (AvgIpc) is 2.04. The summed E-state index contributed by atoms with van der Waals surface area (Å²) < 4.78 is 0.940. The molecule has 0 aliphatic carbocycles. The molecule has 8 heteroatoms. The van der Waals surface area contributed by atoms with Gasteiger partial charge < -0.3 is 15.9 Å². The average molecular weight is 271 g/mol. The number of aliphatic carboxylic acids is 2. The van der Waals surface area contributed by atoms with Gasteiger partial charge in [-0.3, -0.25) is 18.3 Å². The van der Waals surface area contributed by atoms with Crippen LogP contribution in [0.2, 0.25) is 0 Å². The van der Waals surface area contributed by atoms with Gasteiger partial charge in [0.2, 0.25) is 5.91 Å². The fourth-order valence-corrected chi connectivity index (χ4v) is 0.445. The minimum atomic E-state index is -1.04. The Morgan fingerprint density at radius 3 is 1.71 bits per heavy atom. The maximum absolute atomic E-state index is 10.3. The molecule has 0 bridgehead atoms. The van der Waals surface area contributed by atoms with E-state index in [-0.39, 0.29) is 19.0 Å². The molecule has 0 radical (unpaired) electrons. The standard InChI is InChI=1S/C4H6BrNO3.C2H5NO2/c1-3(7)6(5)2-4(8)9;3-1-2(4)5/h2H2,1H3,(H,8,9);1,3H2,(H,4,5). The van der Waals surface area contributed by atoms with Crippen molar-refractivity contribution < 1.29 is 24.6 Å². The van der Waals surface area contributed by atoms with Crippen molar-refractivity contribution in [2.75, 3.05) is 13.1 Å². The third-order valence-corrected chi connectivity index (χ3v) is 1.54. The molecule has 1 amide bonds. The third kappa shape index (κ3) is 13.4. The van der Waals surface area contributed by atoms with E-state index in [1.165, 1.54) is 6.92 Å². The summed E-state index contributed by atoms with van der Waals surface area (Å²) in [5.41, 5.74) is 4.57. The quantitative estimate of drug-likeness (QED) is 0.581. The van der Waals surface area contributed by atoms with Gasteiger partial charge in [-0.15, -0.1) is 0 Å². The summed E-state index contributed by atoms with van der Waals surface area (Å²) in [4.78, 5) is 29.4. The Kier molecular flexibility index (Phi) is 9.25. The SMILES string of the molecule is CC(=O)N(Br)CC(=O)O.NCC(=O)O. The van der Waals surface area contributed by atoms with Gasteiger partial charge in [0.05, 0.1) is 22.7 Å². The van der Waals surface area contributed by atoms with E-state index in [4.69, 9.17) is 10.2 Å². The van der Waals surface area contributed by atoms with Gasteiger partial charge in [0.15, 0.2) is 0 Å². The first kappa shape index (κ1) is 15.3. The highest BCUT2D eigenvalue weighted by atomic mass is 79.9. The molecule has 0 aromatic rings. The third-order valence-electron chi connectivity index (χ3n) is 0.790. The van der Waals surface area contributed by atoms with Crippen molar-refractivity contribution in [1.29, 1.82) is 0 Å². The Hall–Kier alpha value is -1.15. The normalized spacial score (nSPS) is 8.21. The van der Waals surface area contributed by atoms with Crippen LogP contribution in [0, 0.1) is 0 Å². The van der Waals surface area contributed by atoms with Crippen LogP contribution in [0.25, 0.3) is 0 Å². The van der Waals surface area contributed by atoms with Crippen LogP contribution in [0.15, 0.2) is 0 Å². The smallest absolute Gasteiger partial charge is 0.324 e. The van der Waals surface area contributed by atoms with Crippen LogP contribution in [0.4, 0.5) is 0 Å². The first-order valence-electron chi connectivity index (χ1n) is 3.38. The summed E-state index contributed by atoms with van der Waals surface area (Å²) in [6.45, 7) is 0.688. The van der Waals surface area contributed by atoms with Crippen LogP contribution in [0.1, 0.15) is 6.92 Å². The lowest BCUT2D eigenvalue weighted by Gasteiger charge is -2.06. The zero-order valence-corrected chi connectivity index (χ0v) is 9.02. The van der Waals surface area contributed by atoms with E-state index in [9.17, 15) is 14.4 Å². The Morgan fingerprint density at radius 2 is 1.64 bits per heavy atom. The largest absolute Gasteiger partial charge is 0.480 e. The summed E-state index contributed by atoms with van der Waals surface area (Å²) >= 11 is 2.75. The second-order valence-corrected chi connectivity index (χ2v) is 2.89. The van der Waals surface area contributed by atoms with E-state index in [1.54, 1.807) is 0 Å². The van der Waals surface area contributed by atoms with Crippen molar-refractivity contribution in [3.8, 4) is 0 Å². The highest BCUT2D eigenvalue weighted by molar-refractivity contribution is 9.07. The molecule has 7 nitrogen and oxygen atoms in total. The van der Waals surface area contributed by atoms with Gasteiger partial charge in [-0.05, 0) is 0 Å². The topological polar surface area (TPSA) is 121 Å². The van der Waals surface area contributed by atoms with E-state index in [2.05, 4.69) is 21.9 Å². The molecule has 0 spiro atoms. The first-order valence-corrected chi connectivity index (χ1v) is 4.09. The van der Waals surface area contributed by atoms with Crippen LogP contribution in [0.3, 0.4) is 0 Å². The summed E-state index contributed by atoms with van der Waals surface area (Å²) in [6, 6.07) is 0. The number of carboxylic acids is 2. The molecule has 0 aliphatic heterocycles. The van der Waals surface area contributed by atoms with Gasteiger partial charge in [-0.1, -0.05) is 0 Å². The van der Waals surface area contributed by atoms with Crippen LogP contribution >= 0.6 is 16.1 Å². The molecule has 0 unspecified atom stereocenters. The summed E-state index contributed by atoms with van der Waals surface area (Å²) in [7, 11) is 0. The van der Waals surface area contributed by atoms with Gasteiger partial charge in [0.1, 0.15) is 6.54 Å². The molecule has 0 aliphatic rings. The van der Waals surface area contributed by atoms with Crippen molar-refractivity contribution in [3.63, 3.8) is 0 Å². The number of halogens is 1. The highest BCUT2D eigenvalue weighted by Crippen LogP contribution is 1.95. The molecule has 4 N–H and O–H groups in total. The number of nitrogens with two attached hydrogens (primary N) is 1. The van der Waals surface area contributed by atoms with Gasteiger partial charge in [-0.25, -0.2) is 0 Å². The fraction of sp³-hybridized carbons (Fsp3) is 0.500. The Balaban J connectivity index is 0. The minimum absolute atomic E-state index is 0.278. The predicted molar refractivity (Wildman–Crippen MR) is 50.6 cm³/mol. The molecule has 0 aromatic heterocycles. The first-order chi connectivity index (χ1) is 6.31. The molecule has 0 rings (SSSR count). The van der Waals surface area contributed by atoms with E-state index in [1.807, 2.05) is 0 Å². The van der Waals surface area contributed by atoms with Crippen molar-refractivity contribution in [1.82, 2.24) is 3.93 Å². The molecule has 0 atom stereocenters. The van der Waals surface area contributed by atoms with Crippen molar-refractivity contribution in [3.05, 3.63) is 0 Å². The number of hydrogen-bond acceptors (Lipinski definition) is 4. The molecular weight excluding hydrogens is 260 g/mol. The number of carbonyl (C=O) groups is 3. The molecule has 14 heavy (non-hydrogen) atoms. The van der Waals surface area contributed by atoms with Crippen LogP contribution in [0.5, 0.6) is 0 Å².